The molecule has 0 saturated heterocycles. The summed E-state index contributed by atoms with van der Waals surface area (Å²) in [7, 11) is 0. The molecule has 2 nitrogen and oxygen atoms in total. The third-order valence-corrected chi connectivity index (χ3v) is 5.41. The molecule has 0 fully saturated rings. The highest BCUT2D eigenvalue weighted by Gasteiger charge is 2.11. The van der Waals surface area contributed by atoms with Crippen molar-refractivity contribution in [3.63, 3.8) is 0 Å². The van der Waals surface area contributed by atoms with Gasteiger partial charge in [0.2, 0.25) is 0 Å². The number of imidazole rings is 1. The maximum absolute atomic E-state index is 4.96. The van der Waals surface area contributed by atoms with Crippen LogP contribution in [0.25, 0.3) is 11.0 Å². The molecule has 3 heteroatoms. The minimum Gasteiger partial charge on any atom is -0.268 e. The lowest BCUT2D eigenvalue weighted by atomic mass is 10.1. The monoisotopic (exact) mass is 412 g/mol. The van der Waals surface area contributed by atoms with Gasteiger partial charge in [-0.15, -0.1) is 0 Å². The summed E-state index contributed by atoms with van der Waals surface area (Å²) in [6, 6.07) is 6.66. The van der Waals surface area contributed by atoms with Crippen molar-refractivity contribution in [1.29, 1.82) is 0 Å². The highest BCUT2D eigenvalue weighted by atomic mass is 127. The Balaban J connectivity index is 2.07. The molecule has 1 aromatic heterocycles. The standard InChI is InChI=1S/C19H29IN2/c1-3-5-7-9-12-16-13-11-14-17-19(16)21-18(22(17)20)15-10-8-6-4-2/h11,13-14H,3-10,12,15H2,1-2H3. The second-order valence-electron chi connectivity index (χ2n) is 6.22. The number of aryl methyl sites for hydroxylation is 2. The number of unbranched alkanes of at least 4 members (excludes halogenated alkanes) is 6. The number of fused-ring (bicyclic) bond motifs is 1. The molecular weight excluding hydrogens is 383 g/mol. The van der Waals surface area contributed by atoms with Crippen LogP contribution in [0.5, 0.6) is 0 Å². The fourth-order valence-electron chi connectivity index (χ4n) is 2.99. The van der Waals surface area contributed by atoms with E-state index in [2.05, 4.69) is 57.7 Å². The van der Waals surface area contributed by atoms with Crippen LogP contribution in [0.15, 0.2) is 18.2 Å². The summed E-state index contributed by atoms with van der Waals surface area (Å²) in [6.07, 6.45) is 12.7. The first-order chi connectivity index (χ1) is 10.8. The van der Waals surface area contributed by atoms with E-state index in [1.807, 2.05) is 0 Å². The first-order valence-corrected chi connectivity index (χ1v) is 9.89. The molecule has 0 N–H and O–H groups in total. The Labute approximate surface area is 149 Å². The summed E-state index contributed by atoms with van der Waals surface area (Å²) in [5, 5.41) is 0. The molecule has 2 rings (SSSR count). The fourth-order valence-corrected chi connectivity index (χ4v) is 3.72. The molecule has 2 aromatic rings. The van der Waals surface area contributed by atoms with Gasteiger partial charge in [-0.3, -0.25) is 2.78 Å². The minimum atomic E-state index is 1.10. The number of hydrogen-bond acceptors (Lipinski definition) is 1. The van der Waals surface area contributed by atoms with Crippen LogP contribution in [0.1, 0.15) is 76.6 Å². The second-order valence-corrected chi connectivity index (χ2v) is 7.18. The lowest BCUT2D eigenvalue weighted by molar-refractivity contribution is 0.655. The van der Waals surface area contributed by atoms with Gasteiger partial charge in [0, 0.05) is 6.42 Å². The van der Waals surface area contributed by atoms with Gasteiger partial charge in [0.25, 0.3) is 0 Å². The van der Waals surface area contributed by atoms with E-state index in [1.54, 1.807) is 0 Å². The highest BCUT2D eigenvalue weighted by molar-refractivity contribution is 14.1. The van der Waals surface area contributed by atoms with E-state index >= 15 is 0 Å². The minimum absolute atomic E-state index is 1.10. The Morgan fingerprint density at radius 2 is 1.59 bits per heavy atom. The molecule has 0 aliphatic heterocycles. The van der Waals surface area contributed by atoms with Crippen LogP contribution in [-0.4, -0.2) is 7.76 Å². The number of halogens is 1. The van der Waals surface area contributed by atoms with Gasteiger partial charge < -0.3 is 0 Å². The first kappa shape index (κ1) is 17.8. The SMILES string of the molecule is CCCCCCc1cccc2c1nc(CCCCCC)n2I. The highest BCUT2D eigenvalue weighted by Crippen LogP contribution is 2.25. The van der Waals surface area contributed by atoms with Crippen molar-refractivity contribution in [2.24, 2.45) is 0 Å². The summed E-state index contributed by atoms with van der Waals surface area (Å²) < 4.78 is 2.27. The van der Waals surface area contributed by atoms with Crippen molar-refractivity contribution in [1.82, 2.24) is 7.76 Å². The lowest BCUT2D eigenvalue weighted by Gasteiger charge is -2.02. The van der Waals surface area contributed by atoms with Crippen LogP contribution in [0.3, 0.4) is 0 Å². The van der Waals surface area contributed by atoms with Crippen molar-refractivity contribution in [3.8, 4) is 0 Å². The summed E-state index contributed by atoms with van der Waals surface area (Å²) in [4.78, 5) is 4.96. The number of hydrogen-bond donors (Lipinski definition) is 0. The molecular formula is C19H29IN2. The van der Waals surface area contributed by atoms with Gasteiger partial charge in [-0.05, 0) is 30.9 Å². The summed E-state index contributed by atoms with van der Waals surface area (Å²) in [5.74, 6) is 1.24. The molecule has 0 saturated carbocycles. The quantitative estimate of drug-likeness (QED) is 0.323. The van der Waals surface area contributed by atoms with E-state index < -0.39 is 0 Å². The van der Waals surface area contributed by atoms with Gasteiger partial charge in [0.15, 0.2) is 0 Å². The van der Waals surface area contributed by atoms with Crippen LogP contribution in [0.4, 0.5) is 0 Å². The number of rotatable bonds is 10. The van der Waals surface area contributed by atoms with E-state index in [4.69, 9.17) is 4.98 Å². The zero-order valence-electron chi connectivity index (χ0n) is 14.1. The van der Waals surface area contributed by atoms with Gasteiger partial charge in [-0.1, -0.05) is 64.5 Å². The van der Waals surface area contributed by atoms with Crippen LogP contribution in [-0.2, 0) is 12.8 Å². The number of nitrogens with zero attached hydrogens (tertiary/aromatic N) is 2. The third-order valence-electron chi connectivity index (χ3n) is 4.33. The molecule has 0 spiro atoms. The molecule has 0 bridgehead atoms. The van der Waals surface area contributed by atoms with E-state index in [0.717, 1.165) is 6.42 Å². The normalized spacial score (nSPS) is 11.4. The maximum Gasteiger partial charge on any atom is 0.118 e. The Bertz CT molecular complexity index is 574. The summed E-state index contributed by atoms with van der Waals surface area (Å²) >= 11 is 2.42. The van der Waals surface area contributed by atoms with Crippen LogP contribution >= 0.6 is 22.9 Å². The van der Waals surface area contributed by atoms with Crippen LogP contribution in [0, 0.1) is 0 Å². The Morgan fingerprint density at radius 3 is 2.27 bits per heavy atom. The van der Waals surface area contributed by atoms with Crippen LogP contribution < -0.4 is 0 Å². The van der Waals surface area contributed by atoms with Gasteiger partial charge in [0.05, 0.1) is 33.9 Å². The van der Waals surface area contributed by atoms with E-state index in [1.165, 1.54) is 80.2 Å². The largest absolute Gasteiger partial charge is 0.268 e. The molecule has 1 aromatic carbocycles. The Kier molecular flexibility index (Phi) is 7.70. The molecule has 0 amide bonds. The number of para-hydroxylation sites is 1. The third kappa shape index (κ3) is 4.71. The predicted octanol–water partition coefficient (Wildman–Crippen LogP) is 6.48. The van der Waals surface area contributed by atoms with Crippen molar-refractivity contribution >= 4 is 33.9 Å². The van der Waals surface area contributed by atoms with Gasteiger partial charge in [0.1, 0.15) is 5.82 Å². The van der Waals surface area contributed by atoms with Crippen molar-refractivity contribution in [3.05, 3.63) is 29.6 Å². The molecule has 0 unspecified atom stereocenters. The zero-order chi connectivity index (χ0) is 15.8. The average Bonchev–Trinajstić information content (AvgIpc) is 2.86. The molecule has 0 aliphatic rings. The van der Waals surface area contributed by atoms with Gasteiger partial charge in [-0.25, -0.2) is 4.98 Å². The predicted molar refractivity (Wildman–Crippen MR) is 105 cm³/mol. The number of aromatic nitrogens is 2. The second kappa shape index (κ2) is 9.53. The molecule has 122 valence electrons. The molecule has 22 heavy (non-hydrogen) atoms. The van der Waals surface area contributed by atoms with E-state index in [-0.39, 0.29) is 0 Å². The van der Waals surface area contributed by atoms with E-state index in [0.29, 0.717) is 0 Å². The zero-order valence-corrected chi connectivity index (χ0v) is 16.2. The molecule has 0 atom stereocenters. The van der Waals surface area contributed by atoms with Crippen molar-refractivity contribution in [2.45, 2.75) is 78.1 Å². The first-order valence-electron chi connectivity index (χ1n) is 8.93. The van der Waals surface area contributed by atoms with Gasteiger partial charge in [-0.2, -0.15) is 0 Å². The lowest BCUT2D eigenvalue weighted by Crippen LogP contribution is -1.93. The van der Waals surface area contributed by atoms with Crippen molar-refractivity contribution in [2.75, 3.05) is 0 Å². The maximum atomic E-state index is 4.96. The van der Waals surface area contributed by atoms with Crippen molar-refractivity contribution < 1.29 is 0 Å². The Morgan fingerprint density at radius 1 is 0.909 bits per heavy atom. The fraction of sp³-hybridized carbons (Fsp3) is 0.632. The average molecular weight is 412 g/mol. The Hall–Kier alpha value is -0.580. The molecule has 1 heterocycles. The topological polar surface area (TPSA) is 17.8 Å². The van der Waals surface area contributed by atoms with E-state index in [9.17, 15) is 0 Å². The van der Waals surface area contributed by atoms with Crippen LogP contribution in [0.2, 0.25) is 0 Å². The number of benzene rings is 1. The summed E-state index contributed by atoms with van der Waals surface area (Å²) in [5.41, 5.74) is 3.96. The smallest absolute Gasteiger partial charge is 0.118 e. The molecule has 0 aliphatic carbocycles. The summed E-state index contributed by atoms with van der Waals surface area (Å²) in [6.45, 7) is 4.53. The molecule has 0 radical (unpaired) electrons. The van der Waals surface area contributed by atoms with Gasteiger partial charge >= 0.3 is 0 Å².